The third-order valence-corrected chi connectivity index (χ3v) is 4.85. The summed E-state index contributed by atoms with van der Waals surface area (Å²) in [7, 11) is -8.28. The van der Waals surface area contributed by atoms with Crippen LogP contribution in [-0.4, -0.2) is 25.9 Å². The van der Waals surface area contributed by atoms with Gasteiger partial charge in [-0.15, -0.1) is 0 Å². The molecule has 0 fully saturated rings. The highest BCUT2D eigenvalue weighted by Crippen LogP contribution is 2.21. The number of aryl methyl sites for hydroxylation is 1. The lowest BCUT2D eigenvalue weighted by molar-refractivity contribution is 0.481. The van der Waals surface area contributed by atoms with E-state index in [1.54, 1.807) is 6.92 Å². The van der Waals surface area contributed by atoms with E-state index >= 15 is 0 Å². The van der Waals surface area contributed by atoms with Gasteiger partial charge in [0.2, 0.25) is 0 Å². The molecule has 132 valence electrons. The van der Waals surface area contributed by atoms with Gasteiger partial charge in [0.25, 0.3) is 20.2 Å². The van der Waals surface area contributed by atoms with E-state index in [0.29, 0.717) is 11.3 Å². The lowest BCUT2D eigenvalue weighted by atomic mass is 10.2. The van der Waals surface area contributed by atoms with Crippen molar-refractivity contribution in [2.75, 3.05) is 11.5 Å². The Bertz CT molecular complexity index is 879. The fourth-order valence-electron chi connectivity index (χ4n) is 1.49. The van der Waals surface area contributed by atoms with Crippen molar-refractivity contribution in [2.24, 2.45) is 0 Å². The molecule has 2 aromatic rings. The van der Waals surface area contributed by atoms with Crippen molar-refractivity contribution in [3.05, 3.63) is 47.0 Å². The Kier molecular flexibility index (Phi) is 6.20. The number of rotatable bonds is 2. The first kappa shape index (κ1) is 20.2. The van der Waals surface area contributed by atoms with Gasteiger partial charge in [0.15, 0.2) is 0 Å². The zero-order valence-corrected chi connectivity index (χ0v) is 14.7. The van der Waals surface area contributed by atoms with E-state index in [9.17, 15) is 16.8 Å². The lowest BCUT2D eigenvalue weighted by Gasteiger charge is -2.01. The van der Waals surface area contributed by atoms with E-state index in [1.807, 2.05) is 0 Å². The molecule has 0 aliphatic rings. The first-order valence-corrected chi connectivity index (χ1v) is 9.44. The van der Waals surface area contributed by atoms with Gasteiger partial charge in [-0.1, -0.05) is 11.6 Å². The van der Waals surface area contributed by atoms with Gasteiger partial charge in [-0.05, 0) is 48.9 Å². The molecule has 0 aromatic heterocycles. The molecule has 0 heterocycles. The van der Waals surface area contributed by atoms with Crippen LogP contribution in [0.5, 0.6) is 0 Å². The van der Waals surface area contributed by atoms with Crippen molar-refractivity contribution in [1.82, 2.24) is 0 Å². The van der Waals surface area contributed by atoms with Crippen LogP contribution < -0.4 is 11.5 Å². The fourth-order valence-corrected chi connectivity index (χ4v) is 2.69. The number of halogens is 1. The summed E-state index contributed by atoms with van der Waals surface area (Å²) in [5, 5.41) is 0.252. The summed E-state index contributed by atoms with van der Waals surface area (Å²) in [6.07, 6.45) is 0. The van der Waals surface area contributed by atoms with Gasteiger partial charge in [-0.3, -0.25) is 9.11 Å². The van der Waals surface area contributed by atoms with Gasteiger partial charge in [-0.25, -0.2) is 0 Å². The highest BCUT2D eigenvalue weighted by molar-refractivity contribution is 7.86. The molecular weight excluding hydrogens is 380 g/mol. The van der Waals surface area contributed by atoms with Crippen LogP contribution in [0.3, 0.4) is 0 Å². The maximum Gasteiger partial charge on any atom is 0.294 e. The minimum Gasteiger partial charge on any atom is -0.399 e. The number of anilines is 2. The largest absolute Gasteiger partial charge is 0.399 e. The molecule has 0 radical (unpaired) electrons. The average molecular weight is 395 g/mol. The van der Waals surface area contributed by atoms with Gasteiger partial charge >= 0.3 is 0 Å². The standard InChI is InChI=1S/C7H9NO3S.C6H6ClNO3S/c1-5-4-6(12(9,10)11)2-3-7(5)8;7-5-2-1-4(3-6(5)8)12(9,10)11/h2-4H,8H2,1H3,(H,9,10,11);1-3H,8H2,(H,9,10,11). The average Bonchev–Trinajstić information content (AvgIpc) is 2.43. The Morgan fingerprint density at radius 3 is 1.71 bits per heavy atom. The fraction of sp³-hybridized carbons (Fsp3) is 0.0769. The second-order valence-corrected chi connectivity index (χ2v) is 7.90. The molecule has 11 heteroatoms. The minimum absolute atomic E-state index is 0.117. The summed E-state index contributed by atoms with van der Waals surface area (Å²) in [5.74, 6) is 0. The van der Waals surface area contributed by atoms with Gasteiger partial charge < -0.3 is 11.5 Å². The molecule has 2 aromatic carbocycles. The van der Waals surface area contributed by atoms with E-state index in [2.05, 4.69) is 0 Å². The van der Waals surface area contributed by atoms with Crippen LogP contribution in [0, 0.1) is 6.92 Å². The normalized spacial score (nSPS) is 11.5. The number of hydrogen-bond acceptors (Lipinski definition) is 6. The first-order valence-electron chi connectivity index (χ1n) is 6.18. The van der Waals surface area contributed by atoms with Crippen LogP contribution in [0.1, 0.15) is 5.56 Å². The number of nitrogen functional groups attached to an aromatic ring is 2. The Morgan fingerprint density at radius 2 is 1.29 bits per heavy atom. The molecule has 6 N–H and O–H groups in total. The van der Waals surface area contributed by atoms with E-state index in [4.69, 9.17) is 32.2 Å². The van der Waals surface area contributed by atoms with Crippen LogP contribution >= 0.6 is 11.6 Å². The van der Waals surface area contributed by atoms with E-state index in [1.165, 1.54) is 30.3 Å². The predicted octanol–water partition coefficient (Wildman–Crippen LogP) is 1.99. The van der Waals surface area contributed by atoms with Crippen molar-refractivity contribution < 1.29 is 25.9 Å². The maximum absolute atomic E-state index is 10.6. The Hall–Kier alpha value is -1.85. The third kappa shape index (κ3) is 5.65. The zero-order chi connectivity index (χ0) is 18.7. The summed E-state index contributed by atoms with van der Waals surface area (Å²) < 4.78 is 59.5. The van der Waals surface area contributed by atoms with Crippen molar-refractivity contribution in [3.8, 4) is 0 Å². The Labute approximate surface area is 144 Å². The number of nitrogens with two attached hydrogens (primary N) is 2. The second-order valence-electron chi connectivity index (χ2n) is 4.65. The molecule has 0 saturated carbocycles. The van der Waals surface area contributed by atoms with Crippen LogP contribution in [0.15, 0.2) is 46.2 Å². The smallest absolute Gasteiger partial charge is 0.294 e. The van der Waals surface area contributed by atoms with Crippen LogP contribution in [0.4, 0.5) is 11.4 Å². The molecule has 24 heavy (non-hydrogen) atoms. The predicted molar refractivity (Wildman–Crippen MR) is 91.1 cm³/mol. The first-order chi connectivity index (χ1) is 10.8. The second kappa shape index (κ2) is 7.36. The van der Waals surface area contributed by atoms with Crippen molar-refractivity contribution >= 4 is 43.2 Å². The van der Waals surface area contributed by atoms with E-state index in [-0.39, 0.29) is 20.5 Å². The maximum atomic E-state index is 10.6. The third-order valence-electron chi connectivity index (χ3n) is 2.80. The minimum atomic E-state index is -4.18. The topological polar surface area (TPSA) is 161 Å². The molecule has 8 nitrogen and oxygen atoms in total. The molecule has 0 atom stereocenters. The van der Waals surface area contributed by atoms with Crippen molar-refractivity contribution in [2.45, 2.75) is 16.7 Å². The van der Waals surface area contributed by atoms with Crippen LogP contribution in [0.25, 0.3) is 0 Å². The van der Waals surface area contributed by atoms with Gasteiger partial charge in [-0.2, -0.15) is 16.8 Å². The summed E-state index contributed by atoms with van der Waals surface area (Å²) in [4.78, 5) is -0.390. The Morgan fingerprint density at radius 1 is 0.833 bits per heavy atom. The summed E-state index contributed by atoms with van der Waals surface area (Å²) in [6.45, 7) is 1.67. The van der Waals surface area contributed by atoms with Gasteiger partial charge in [0.05, 0.1) is 20.5 Å². The Balaban J connectivity index is 0.000000240. The van der Waals surface area contributed by atoms with Crippen molar-refractivity contribution in [1.29, 1.82) is 0 Å². The molecular formula is C13H15ClN2O6S2. The molecule has 2 rings (SSSR count). The van der Waals surface area contributed by atoms with Crippen LogP contribution in [-0.2, 0) is 20.2 Å². The molecule has 0 saturated heterocycles. The molecule has 0 aliphatic carbocycles. The lowest BCUT2D eigenvalue weighted by Crippen LogP contribution is -1.99. The summed E-state index contributed by atoms with van der Waals surface area (Å²) in [5.41, 5.74) is 12.0. The molecule has 0 unspecified atom stereocenters. The molecule has 0 amide bonds. The highest BCUT2D eigenvalue weighted by atomic mass is 35.5. The number of hydrogen-bond donors (Lipinski definition) is 4. The zero-order valence-electron chi connectivity index (χ0n) is 12.3. The van der Waals surface area contributed by atoms with Gasteiger partial charge in [0, 0.05) is 5.69 Å². The summed E-state index contributed by atoms with van der Waals surface area (Å²) in [6, 6.07) is 7.60. The van der Waals surface area contributed by atoms with Crippen LogP contribution in [0.2, 0.25) is 5.02 Å². The SMILES string of the molecule is Cc1cc(S(=O)(=O)O)ccc1N.Nc1cc(S(=O)(=O)O)ccc1Cl. The quantitative estimate of drug-likeness (QED) is 0.444. The van der Waals surface area contributed by atoms with Gasteiger partial charge in [0.1, 0.15) is 0 Å². The summed E-state index contributed by atoms with van der Waals surface area (Å²) >= 11 is 5.53. The molecule has 0 spiro atoms. The van der Waals surface area contributed by atoms with Crippen molar-refractivity contribution in [3.63, 3.8) is 0 Å². The van der Waals surface area contributed by atoms with E-state index < -0.39 is 20.2 Å². The molecule has 0 bridgehead atoms. The highest BCUT2D eigenvalue weighted by Gasteiger charge is 2.10. The van der Waals surface area contributed by atoms with E-state index in [0.717, 1.165) is 6.07 Å². The molecule has 0 aliphatic heterocycles. The number of benzene rings is 2. The monoisotopic (exact) mass is 394 g/mol.